The number of H-pyrrole nitrogens is 3. The van der Waals surface area contributed by atoms with Gasteiger partial charge < -0.3 is 4.57 Å². The molecule has 70 valence electrons. The van der Waals surface area contributed by atoms with Crippen molar-refractivity contribution in [2.24, 2.45) is 7.05 Å². The minimum absolute atomic E-state index is 0.495. The number of nitrogens with one attached hydrogen (secondary N) is 3. The van der Waals surface area contributed by atoms with Crippen LogP contribution >= 0.6 is 24.4 Å². The molecule has 0 aliphatic heterocycles. The van der Waals surface area contributed by atoms with E-state index in [1.165, 1.54) is 6.33 Å². The summed E-state index contributed by atoms with van der Waals surface area (Å²) in [6.07, 6.45) is 3.13. The Morgan fingerprint density at radius 2 is 2.23 bits per heavy atom. The molecule has 2 aromatic heterocycles. The molecule has 6 nitrogen and oxygen atoms in total. The number of hydrogen-bond acceptors (Lipinski definition) is 4. The first-order valence-corrected chi connectivity index (χ1v) is 4.16. The van der Waals surface area contributed by atoms with Gasteiger partial charge in [-0.25, -0.2) is 4.98 Å². The van der Waals surface area contributed by atoms with Gasteiger partial charge in [0.2, 0.25) is 4.77 Å². The molecule has 0 fully saturated rings. The molecule has 0 bridgehead atoms. The molecule has 0 aromatic carbocycles. The Balaban J connectivity index is 0.000000132. The highest BCUT2D eigenvalue weighted by Crippen LogP contribution is 1.76. The number of aromatic amines is 3. The van der Waals surface area contributed by atoms with Crippen LogP contribution in [0.3, 0.4) is 0 Å². The molecule has 2 heterocycles. The summed E-state index contributed by atoms with van der Waals surface area (Å²) in [4.78, 5) is 3.62. The van der Waals surface area contributed by atoms with E-state index in [0.717, 1.165) is 0 Å². The van der Waals surface area contributed by atoms with Crippen LogP contribution in [0.4, 0.5) is 0 Å². The minimum atomic E-state index is 0.495. The van der Waals surface area contributed by atoms with Crippen molar-refractivity contribution < 1.29 is 0 Å². The monoisotopic (exact) mass is 216 g/mol. The fraction of sp³-hybridized carbons (Fsp3) is 0.200. The highest BCUT2D eigenvalue weighted by molar-refractivity contribution is 7.71. The van der Waals surface area contributed by atoms with Crippen LogP contribution in [0.2, 0.25) is 0 Å². The summed E-state index contributed by atoms with van der Waals surface area (Å²) < 4.78 is 2.88. The number of aryl methyl sites for hydroxylation is 1. The zero-order valence-corrected chi connectivity index (χ0v) is 8.45. The Labute approximate surface area is 84.0 Å². The lowest BCUT2D eigenvalue weighted by Gasteiger charge is -1.77. The molecule has 8 heteroatoms. The van der Waals surface area contributed by atoms with Gasteiger partial charge in [-0.3, -0.25) is 15.3 Å². The third-order valence-corrected chi connectivity index (χ3v) is 1.72. The van der Waals surface area contributed by atoms with Crippen molar-refractivity contribution in [3.8, 4) is 0 Å². The molecule has 0 spiro atoms. The minimum Gasteiger partial charge on any atom is -0.310 e. The molecule has 0 saturated heterocycles. The van der Waals surface area contributed by atoms with E-state index in [0.29, 0.717) is 9.54 Å². The molecule has 0 saturated carbocycles. The topological polar surface area (TPSA) is 78.1 Å². The van der Waals surface area contributed by atoms with E-state index < -0.39 is 0 Å². The van der Waals surface area contributed by atoms with Crippen LogP contribution in [0.25, 0.3) is 0 Å². The van der Waals surface area contributed by atoms with Gasteiger partial charge in [0.05, 0.1) is 0 Å². The van der Waals surface area contributed by atoms with Gasteiger partial charge in [-0.15, -0.1) is 0 Å². The van der Waals surface area contributed by atoms with E-state index >= 15 is 0 Å². The summed E-state index contributed by atoms with van der Waals surface area (Å²) in [5, 5.41) is 11.4. The van der Waals surface area contributed by atoms with Gasteiger partial charge >= 0.3 is 0 Å². The van der Waals surface area contributed by atoms with Gasteiger partial charge in [0.1, 0.15) is 12.7 Å². The summed E-state index contributed by atoms with van der Waals surface area (Å²) in [5.41, 5.74) is 0. The Morgan fingerprint density at radius 3 is 2.38 bits per heavy atom. The first kappa shape index (κ1) is 9.81. The third kappa shape index (κ3) is 3.30. The first-order valence-electron chi connectivity index (χ1n) is 3.34. The maximum Gasteiger partial charge on any atom is 0.213 e. The van der Waals surface area contributed by atoms with Gasteiger partial charge in [0, 0.05) is 7.05 Å². The van der Waals surface area contributed by atoms with Crippen LogP contribution in [0.1, 0.15) is 0 Å². The zero-order chi connectivity index (χ0) is 9.68. The molecule has 2 rings (SSSR count). The fourth-order valence-corrected chi connectivity index (χ4v) is 0.731. The molecular formula is C5H8N6S2. The van der Waals surface area contributed by atoms with Crippen LogP contribution in [-0.2, 0) is 7.05 Å². The molecule has 0 unspecified atom stereocenters. The molecular weight excluding hydrogens is 208 g/mol. The van der Waals surface area contributed by atoms with Gasteiger partial charge in [-0.05, 0) is 24.4 Å². The largest absolute Gasteiger partial charge is 0.310 e. The summed E-state index contributed by atoms with van der Waals surface area (Å²) in [6, 6.07) is 0. The number of aromatic nitrogens is 6. The van der Waals surface area contributed by atoms with Crippen LogP contribution < -0.4 is 0 Å². The van der Waals surface area contributed by atoms with Crippen molar-refractivity contribution in [2.75, 3.05) is 0 Å². The van der Waals surface area contributed by atoms with E-state index in [1.54, 1.807) is 10.9 Å². The number of rotatable bonds is 0. The van der Waals surface area contributed by atoms with E-state index in [4.69, 9.17) is 12.2 Å². The molecule has 0 aliphatic carbocycles. The van der Waals surface area contributed by atoms with Crippen molar-refractivity contribution in [2.45, 2.75) is 0 Å². The Bertz CT molecular complexity index is 431. The van der Waals surface area contributed by atoms with E-state index in [1.807, 2.05) is 7.05 Å². The Morgan fingerprint density at radius 1 is 1.46 bits per heavy atom. The third-order valence-electron chi connectivity index (χ3n) is 1.14. The second kappa shape index (κ2) is 4.67. The second-order valence-corrected chi connectivity index (χ2v) is 2.88. The molecule has 13 heavy (non-hydrogen) atoms. The normalized spacial score (nSPS) is 9.00. The van der Waals surface area contributed by atoms with Gasteiger partial charge in [0.15, 0.2) is 4.77 Å². The van der Waals surface area contributed by atoms with Crippen LogP contribution in [0.5, 0.6) is 0 Å². The Hall–Kier alpha value is -1.28. The average molecular weight is 216 g/mol. The lowest BCUT2D eigenvalue weighted by atomic mass is 11.1. The van der Waals surface area contributed by atoms with E-state index in [2.05, 4.69) is 37.6 Å². The average Bonchev–Trinajstić information content (AvgIpc) is 2.67. The number of hydrogen-bond donors (Lipinski definition) is 3. The van der Waals surface area contributed by atoms with Crippen molar-refractivity contribution >= 4 is 24.4 Å². The molecule has 3 N–H and O–H groups in total. The summed E-state index contributed by atoms with van der Waals surface area (Å²) >= 11 is 9.28. The summed E-state index contributed by atoms with van der Waals surface area (Å²) in [7, 11) is 1.84. The second-order valence-electron chi connectivity index (χ2n) is 2.11. The van der Waals surface area contributed by atoms with Crippen LogP contribution in [0, 0.1) is 9.54 Å². The predicted molar refractivity (Wildman–Crippen MR) is 52.2 cm³/mol. The molecule has 0 aliphatic rings. The first-order chi connectivity index (χ1) is 6.20. The molecule has 0 radical (unpaired) electrons. The quantitative estimate of drug-likeness (QED) is 0.573. The maximum absolute atomic E-state index is 4.73. The zero-order valence-electron chi connectivity index (χ0n) is 6.81. The molecule has 0 atom stereocenters. The van der Waals surface area contributed by atoms with Crippen LogP contribution in [-0.4, -0.2) is 29.9 Å². The fourth-order valence-electron chi connectivity index (χ4n) is 0.519. The highest BCUT2D eigenvalue weighted by Gasteiger charge is 1.78. The van der Waals surface area contributed by atoms with Crippen molar-refractivity contribution in [3.05, 3.63) is 22.2 Å². The van der Waals surface area contributed by atoms with Crippen LogP contribution in [0.15, 0.2) is 12.7 Å². The maximum atomic E-state index is 4.73. The standard InChI is InChI=1S/C3H5N3S.C2H3N3S/c1-6-2-4-5-3(6)7;6-2-3-1-4-5-2/h2H,1H3,(H,5,7);1H,(H2,3,4,5,6). The predicted octanol–water partition coefficient (Wildman–Crippen LogP) is 0.945. The van der Waals surface area contributed by atoms with Gasteiger partial charge in [-0.2, -0.15) is 5.10 Å². The van der Waals surface area contributed by atoms with Gasteiger partial charge in [0.25, 0.3) is 0 Å². The molecule has 2 aromatic rings. The summed E-state index contributed by atoms with van der Waals surface area (Å²) in [6.45, 7) is 0. The summed E-state index contributed by atoms with van der Waals surface area (Å²) in [5.74, 6) is 0. The highest BCUT2D eigenvalue weighted by atomic mass is 32.1. The SMILES string of the molecule is Cn1cn[nH]c1=S.S=c1nc[nH][nH]1. The lowest BCUT2D eigenvalue weighted by Crippen LogP contribution is -1.81. The van der Waals surface area contributed by atoms with E-state index in [9.17, 15) is 0 Å². The number of nitrogens with zero attached hydrogens (tertiary/aromatic N) is 3. The van der Waals surface area contributed by atoms with Crippen molar-refractivity contribution in [1.82, 2.24) is 29.9 Å². The Kier molecular flexibility index (Phi) is 3.53. The smallest absolute Gasteiger partial charge is 0.213 e. The van der Waals surface area contributed by atoms with Gasteiger partial charge in [-0.1, -0.05) is 0 Å². The lowest BCUT2D eigenvalue weighted by molar-refractivity contribution is 0.893. The van der Waals surface area contributed by atoms with Crippen molar-refractivity contribution in [3.63, 3.8) is 0 Å². The molecule has 0 amide bonds. The van der Waals surface area contributed by atoms with Crippen molar-refractivity contribution in [1.29, 1.82) is 0 Å². The van der Waals surface area contributed by atoms with E-state index in [-0.39, 0.29) is 0 Å².